The Labute approximate surface area is 178 Å². The summed E-state index contributed by atoms with van der Waals surface area (Å²) in [6.45, 7) is 1.96. The van der Waals surface area contributed by atoms with Crippen LogP contribution >= 0.6 is 11.6 Å². The third-order valence-electron chi connectivity index (χ3n) is 5.39. The third-order valence-corrected chi connectivity index (χ3v) is 5.64. The smallest absolute Gasteiger partial charge is 0.327 e. The van der Waals surface area contributed by atoms with Crippen LogP contribution < -0.4 is 0 Å². The highest BCUT2D eigenvalue weighted by molar-refractivity contribution is 6.30. The van der Waals surface area contributed by atoms with Gasteiger partial charge in [-0.25, -0.2) is 9.18 Å². The lowest BCUT2D eigenvalue weighted by atomic mass is 10.0. The molecule has 1 aliphatic heterocycles. The molecule has 6 nitrogen and oxygen atoms in total. The highest BCUT2D eigenvalue weighted by Gasteiger charge is 2.32. The molecule has 2 aromatic carbocycles. The number of fused-ring (bicyclic) bond motifs is 1. The molecule has 1 aliphatic rings. The van der Waals surface area contributed by atoms with Crippen LogP contribution in [0.3, 0.4) is 0 Å². The van der Waals surface area contributed by atoms with Crippen molar-refractivity contribution in [3.63, 3.8) is 0 Å². The molecule has 0 bridgehead atoms. The first-order valence-electron chi connectivity index (χ1n) is 9.61. The quantitative estimate of drug-likeness (QED) is 0.643. The summed E-state index contributed by atoms with van der Waals surface area (Å²) < 4.78 is 18.4. The van der Waals surface area contributed by atoms with Crippen molar-refractivity contribution in [3.8, 4) is 0 Å². The molecule has 0 radical (unpaired) electrons. The maximum atomic E-state index is 13.4. The van der Waals surface area contributed by atoms with E-state index in [-0.39, 0.29) is 17.7 Å². The van der Waals surface area contributed by atoms with Gasteiger partial charge >= 0.3 is 5.97 Å². The number of piperazine rings is 1. The molecule has 1 aromatic heterocycles. The van der Waals surface area contributed by atoms with E-state index in [2.05, 4.69) is 4.98 Å². The zero-order valence-corrected chi connectivity index (χ0v) is 17.2. The van der Waals surface area contributed by atoms with Crippen molar-refractivity contribution in [3.05, 3.63) is 70.6 Å². The molecule has 30 heavy (non-hydrogen) atoms. The first-order valence-corrected chi connectivity index (χ1v) is 9.99. The van der Waals surface area contributed by atoms with Gasteiger partial charge in [-0.15, -0.1) is 0 Å². The van der Waals surface area contributed by atoms with E-state index >= 15 is 0 Å². The van der Waals surface area contributed by atoms with E-state index in [0.717, 1.165) is 5.56 Å². The molecule has 4 rings (SSSR count). The Morgan fingerprint density at radius 2 is 1.77 bits per heavy atom. The van der Waals surface area contributed by atoms with Gasteiger partial charge in [-0.1, -0.05) is 23.7 Å². The SMILES string of the molecule is COC(=O)[C@@H](c1ccc(Cl)cc1)N1CCN(C(=O)c2cc3cc(F)ccc3[nH]2)CC1. The number of nitrogens with one attached hydrogen (secondary N) is 1. The van der Waals surface area contributed by atoms with Crippen molar-refractivity contribution in [2.75, 3.05) is 33.3 Å². The molecule has 1 fully saturated rings. The van der Waals surface area contributed by atoms with E-state index in [1.54, 1.807) is 29.2 Å². The summed E-state index contributed by atoms with van der Waals surface area (Å²) in [6.07, 6.45) is 0. The van der Waals surface area contributed by atoms with Crippen molar-refractivity contribution in [2.24, 2.45) is 0 Å². The van der Waals surface area contributed by atoms with Gasteiger partial charge in [0.15, 0.2) is 0 Å². The second-order valence-corrected chi connectivity index (χ2v) is 7.66. The number of halogens is 2. The summed E-state index contributed by atoms with van der Waals surface area (Å²) >= 11 is 5.97. The minimum absolute atomic E-state index is 0.146. The molecule has 1 amide bonds. The predicted octanol–water partition coefficient (Wildman–Crippen LogP) is 3.63. The number of carbonyl (C=O) groups is 2. The van der Waals surface area contributed by atoms with Crippen LogP contribution in [0.25, 0.3) is 10.9 Å². The molecule has 0 aliphatic carbocycles. The van der Waals surface area contributed by atoms with Crippen molar-refractivity contribution >= 4 is 34.4 Å². The molecule has 0 spiro atoms. The molecule has 0 unspecified atom stereocenters. The fraction of sp³-hybridized carbons (Fsp3) is 0.273. The number of esters is 1. The van der Waals surface area contributed by atoms with Crippen molar-refractivity contribution in [2.45, 2.75) is 6.04 Å². The zero-order valence-electron chi connectivity index (χ0n) is 16.4. The van der Waals surface area contributed by atoms with Crippen LogP contribution in [0.5, 0.6) is 0 Å². The number of ether oxygens (including phenoxy) is 1. The number of aromatic nitrogens is 1. The maximum Gasteiger partial charge on any atom is 0.327 e. The summed E-state index contributed by atoms with van der Waals surface area (Å²) in [5.41, 5.74) is 1.93. The standard InChI is InChI=1S/C22H21ClFN3O3/c1-30-22(29)20(14-2-4-16(23)5-3-14)26-8-10-27(11-9-26)21(28)19-13-15-12-17(24)6-7-18(15)25-19/h2-7,12-13,20,25H,8-11H2,1H3/t20-/m1/s1. The number of benzene rings is 2. The summed E-state index contributed by atoms with van der Waals surface area (Å²) in [5.74, 6) is -0.840. The normalized spacial score (nSPS) is 15.9. The van der Waals surface area contributed by atoms with Gasteiger partial charge in [-0.2, -0.15) is 0 Å². The van der Waals surface area contributed by atoms with Crippen LogP contribution in [0, 0.1) is 5.82 Å². The summed E-state index contributed by atoms with van der Waals surface area (Å²) in [5, 5.41) is 1.25. The maximum absolute atomic E-state index is 13.4. The topological polar surface area (TPSA) is 65.6 Å². The number of aromatic amines is 1. The molecular weight excluding hydrogens is 409 g/mol. The van der Waals surface area contributed by atoms with Gasteiger partial charge < -0.3 is 14.6 Å². The highest BCUT2D eigenvalue weighted by Crippen LogP contribution is 2.26. The van der Waals surface area contributed by atoms with E-state index in [0.29, 0.717) is 47.8 Å². The number of hydrogen-bond acceptors (Lipinski definition) is 4. The fourth-order valence-electron chi connectivity index (χ4n) is 3.82. The second kappa shape index (κ2) is 8.45. The monoisotopic (exact) mass is 429 g/mol. The predicted molar refractivity (Wildman–Crippen MR) is 112 cm³/mol. The van der Waals surface area contributed by atoms with Crippen LogP contribution in [0.4, 0.5) is 4.39 Å². The van der Waals surface area contributed by atoms with Crippen molar-refractivity contribution in [1.29, 1.82) is 0 Å². The Morgan fingerprint density at radius 1 is 1.07 bits per heavy atom. The number of hydrogen-bond donors (Lipinski definition) is 1. The van der Waals surface area contributed by atoms with E-state index in [9.17, 15) is 14.0 Å². The largest absolute Gasteiger partial charge is 0.468 e. The number of carbonyl (C=O) groups excluding carboxylic acids is 2. The lowest BCUT2D eigenvalue weighted by molar-refractivity contribution is -0.148. The molecule has 1 atom stereocenters. The minimum Gasteiger partial charge on any atom is -0.468 e. The minimum atomic E-state index is -0.555. The van der Waals surface area contributed by atoms with Crippen LogP contribution in [0.1, 0.15) is 22.1 Å². The summed E-state index contributed by atoms with van der Waals surface area (Å²) in [7, 11) is 1.36. The number of rotatable bonds is 4. The number of nitrogens with zero attached hydrogens (tertiary/aromatic N) is 2. The number of methoxy groups -OCH3 is 1. The third kappa shape index (κ3) is 4.04. The van der Waals surface area contributed by atoms with Gasteiger partial charge in [0, 0.05) is 42.1 Å². The van der Waals surface area contributed by atoms with E-state index < -0.39 is 6.04 Å². The Morgan fingerprint density at radius 3 is 2.43 bits per heavy atom. The molecule has 8 heteroatoms. The molecule has 3 aromatic rings. The summed E-state index contributed by atoms with van der Waals surface area (Å²) in [4.78, 5) is 32.1. The lowest BCUT2D eigenvalue weighted by Crippen LogP contribution is -2.51. The van der Waals surface area contributed by atoms with Gasteiger partial charge in [0.1, 0.15) is 17.6 Å². The number of amides is 1. The zero-order chi connectivity index (χ0) is 21.3. The lowest BCUT2D eigenvalue weighted by Gasteiger charge is -2.38. The van der Waals surface area contributed by atoms with Crippen LogP contribution in [0.2, 0.25) is 5.02 Å². The molecule has 2 heterocycles. The average Bonchev–Trinajstić information content (AvgIpc) is 3.18. The average molecular weight is 430 g/mol. The van der Waals surface area contributed by atoms with Gasteiger partial charge in [0.25, 0.3) is 5.91 Å². The fourth-order valence-corrected chi connectivity index (χ4v) is 3.95. The van der Waals surface area contributed by atoms with Crippen LogP contribution in [-0.4, -0.2) is 59.9 Å². The molecule has 0 saturated carbocycles. The van der Waals surface area contributed by atoms with Crippen molar-refractivity contribution in [1.82, 2.24) is 14.8 Å². The second-order valence-electron chi connectivity index (χ2n) is 7.22. The first kappa shape index (κ1) is 20.4. The van der Waals surface area contributed by atoms with Gasteiger partial charge in [0.2, 0.25) is 0 Å². The molecular formula is C22H21ClFN3O3. The summed E-state index contributed by atoms with van der Waals surface area (Å²) in [6, 6.07) is 12.6. The van der Waals surface area contributed by atoms with Crippen LogP contribution in [0.15, 0.2) is 48.5 Å². The molecule has 1 saturated heterocycles. The Bertz CT molecular complexity index is 1070. The van der Waals surface area contributed by atoms with E-state index in [1.165, 1.54) is 19.2 Å². The van der Waals surface area contributed by atoms with Crippen molar-refractivity contribution < 1.29 is 18.7 Å². The van der Waals surface area contributed by atoms with Crippen LogP contribution in [-0.2, 0) is 9.53 Å². The Balaban J connectivity index is 1.47. The molecule has 156 valence electrons. The Hall–Kier alpha value is -2.90. The first-order chi connectivity index (χ1) is 14.5. The van der Waals surface area contributed by atoms with Gasteiger partial charge in [-0.05, 0) is 42.0 Å². The van der Waals surface area contributed by atoms with Gasteiger partial charge in [-0.3, -0.25) is 9.69 Å². The molecule has 1 N–H and O–H groups in total. The number of H-pyrrole nitrogens is 1. The van der Waals surface area contributed by atoms with E-state index in [1.807, 2.05) is 17.0 Å². The highest BCUT2D eigenvalue weighted by atomic mass is 35.5. The van der Waals surface area contributed by atoms with E-state index in [4.69, 9.17) is 16.3 Å². The van der Waals surface area contributed by atoms with Gasteiger partial charge in [0.05, 0.1) is 7.11 Å². The Kier molecular flexibility index (Phi) is 5.74.